The van der Waals surface area contributed by atoms with Crippen molar-refractivity contribution in [1.29, 1.82) is 0 Å². The van der Waals surface area contributed by atoms with Crippen LogP contribution in [0.3, 0.4) is 0 Å². The number of hydrogen-bond acceptors (Lipinski definition) is 5. The van der Waals surface area contributed by atoms with Gasteiger partial charge in [-0.15, -0.1) is 0 Å². The van der Waals surface area contributed by atoms with Crippen LogP contribution in [0.2, 0.25) is 5.15 Å². The lowest BCUT2D eigenvalue weighted by atomic mass is 10.1. The van der Waals surface area contributed by atoms with Gasteiger partial charge in [0.1, 0.15) is 5.15 Å². The summed E-state index contributed by atoms with van der Waals surface area (Å²) in [6.45, 7) is 0. The number of aromatic nitrogens is 6. The highest BCUT2D eigenvalue weighted by Gasteiger charge is 2.15. The van der Waals surface area contributed by atoms with E-state index in [0.29, 0.717) is 16.5 Å². The fraction of sp³-hybridized carbons (Fsp3) is 0. The molecule has 0 N–H and O–H groups in total. The van der Waals surface area contributed by atoms with Crippen LogP contribution < -0.4 is 5.43 Å². The van der Waals surface area contributed by atoms with Crippen molar-refractivity contribution >= 4 is 22.5 Å². The van der Waals surface area contributed by atoms with Gasteiger partial charge in [-0.2, -0.15) is 10.2 Å². The molecule has 4 heterocycles. The molecular formula is C21H13ClN6O. The molecule has 0 spiro atoms. The maximum atomic E-state index is 12.6. The molecule has 0 bridgehead atoms. The molecule has 140 valence electrons. The van der Waals surface area contributed by atoms with Gasteiger partial charge in [0.15, 0.2) is 5.69 Å². The van der Waals surface area contributed by atoms with E-state index in [1.54, 1.807) is 52.4 Å². The molecule has 0 saturated heterocycles. The van der Waals surface area contributed by atoms with Crippen LogP contribution in [0.15, 0.2) is 84.2 Å². The minimum atomic E-state index is -0.207. The summed E-state index contributed by atoms with van der Waals surface area (Å²) in [6.07, 6.45) is 6.57. The van der Waals surface area contributed by atoms with Crippen molar-refractivity contribution in [2.24, 2.45) is 0 Å². The van der Waals surface area contributed by atoms with Crippen molar-refractivity contribution in [2.75, 3.05) is 0 Å². The fourth-order valence-electron chi connectivity index (χ4n) is 3.21. The van der Waals surface area contributed by atoms with Crippen LogP contribution in [0.1, 0.15) is 0 Å². The van der Waals surface area contributed by atoms with Crippen LogP contribution in [0.5, 0.6) is 0 Å². The lowest BCUT2D eigenvalue weighted by Gasteiger charge is -2.11. The normalized spacial score (nSPS) is 11.1. The molecule has 0 unspecified atom stereocenters. The van der Waals surface area contributed by atoms with Gasteiger partial charge in [-0.05, 0) is 36.4 Å². The summed E-state index contributed by atoms with van der Waals surface area (Å²) in [5.74, 6) is 0. The van der Waals surface area contributed by atoms with Gasteiger partial charge in [0, 0.05) is 36.1 Å². The molecule has 0 saturated carbocycles. The SMILES string of the molecule is O=c1ccn(-c2ccnc(Cl)c2)nc1-c1ccnn1-c1cccc2ncccc12. The van der Waals surface area contributed by atoms with Gasteiger partial charge in [0.25, 0.3) is 0 Å². The summed E-state index contributed by atoms with van der Waals surface area (Å²) >= 11 is 5.99. The second kappa shape index (κ2) is 6.96. The fourth-order valence-corrected chi connectivity index (χ4v) is 3.38. The van der Waals surface area contributed by atoms with Gasteiger partial charge in [-0.3, -0.25) is 9.78 Å². The highest BCUT2D eigenvalue weighted by atomic mass is 35.5. The van der Waals surface area contributed by atoms with E-state index in [1.165, 1.54) is 6.07 Å². The van der Waals surface area contributed by atoms with Gasteiger partial charge in [-0.25, -0.2) is 14.3 Å². The summed E-state index contributed by atoms with van der Waals surface area (Å²) in [7, 11) is 0. The van der Waals surface area contributed by atoms with Gasteiger partial charge >= 0.3 is 0 Å². The standard InChI is InChI=1S/C21H13ClN6O/c22-20-13-14(6-10-24-20)27-12-8-19(29)21(26-27)18-7-11-25-28(18)17-5-1-4-16-15(17)3-2-9-23-16/h1-13H. The molecule has 0 aliphatic heterocycles. The van der Waals surface area contributed by atoms with Crippen LogP contribution in [-0.4, -0.2) is 29.5 Å². The Kier molecular flexibility index (Phi) is 4.14. The van der Waals surface area contributed by atoms with Crippen LogP contribution in [0.25, 0.3) is 33.7 Å². The third-order valence-electron chi connectivity index (χ3n) is 4.52. The Balaban J connectivity index is 1.70. The van der Waals surface area contributed by atoms with Gasteiger partial charge < -0.3 is 0 Å². The van der Waals surface area contributed by atoms with Gasteiger partial charge in [-0.1, -0.05) is 17.7 Å². The van der Waals surface area contributed by atoms with E-state index in [2.05, 4.69) is 20.2 Å². The third-order valence-corrected chi connectivity index (χ3v) is 4.73. The maximum absolute atomic E-state index is 12.6. The largest absolute Gasteiger partial charge is 0.287 e. The summed E-state index contributed by atoms with van der Waals surface area (Å²) in [5, 5.41) is 10.2. The predicted octanol–water partition coefficient (Wildman–Crippen LogP) is 3.68. The zero-order valence-electron chi connectivity index (χ0n) is 15.0. The van der Waals surface area contributed by atoms with E-state index < -0.39 is 0 Å². The van der Waals surface area contributed by atoms with E-state index in [0.717, 1.165) is 16.6 Å². The smallest absolute Gasteiger partial charge is 0.209 e. The molecule has 8 heteroatoms. The van der Waals surface area contributed by atoms with E-state index in [1.807, 2.05) is 30.3 Å². The average Bonchev–Trinajstić information content (AvgIpc) is 3.23. The molecule has 0 fully saturated rings. The molecule has 5 rings (SSSR count). The Morgan fingerprint density at radius 3 is 2.72 bits per heavy atom. The molecule has 7 nitrogen and oxygen atoms in total. The summed E-state index contributed by atoms with van der Waals surface area (Å²) < 4.78 is 3.30. The second-order valence-electron chi connectivity index (χ2n) is 6.29. The van der Waals surface area contributed by atoms with Crippen LogP contribution in [-0.2, 0) is 0 Å². The highest BCUT2D eigenvalue weighted by molar-refractivity contribution is 6.29. The molecule has 5 aromatic rings. The zero-order valence-corrected chi connectivity index (χ0v) is 15.7. The minimum absolute atomic E-state index is 0.207. The summed E-state index contributed by atoms with van der Waals surface area (Å²) in [5.41, 5.74) is 3.02. The molecule has 0 aliphatic rings. The average molecular weight is 401 g/mol. The summed E-state index contributed by atoms with van der Waals surface area (Å²) in [6, 6.07) is 16.3. The monoisotopic (exact) mass is 400 g/mol. The number of nitrogens with zero attached hydrogens (tertiary/aromatic N) is 6. The molecule has 4 aromatic heterocycles. The Morgan fingerprint density at radius 2 is 1.83 bits per heavy atom. The van der Waals surface area contributed by atoms with E-state index in [-0.39, 0.29) is 11.1 Å². The van der Waals surface area contributed by atoms with E-state index >= 15 is 0 Å². The first-order valence-electron chi connectivity index (χ1n) is 8.81. The molecule has 0 radical (unpaired) electrons. The first kappa shape index (κ1) is 17.3. The van der Waals surface area contributed by atoms with Gasteiger partial charge in [0.2, 0.25) is 5.43 Å². The maximum Gasteiger partial charge on any atom is 0.209 e. The van der Waals surface area contributed by atoms with Crippen molar-refractivity contribution in [3.05, 3.63) is 94.8 Å². The Hall–Kier alpha value is -3.84. The van der Waals surface area contributed by atoms with Crippen molar-refractivity contribution in [3.63, 3.8) is 0 Å². The minimum Gasteiger partial charge on any atom is -0.287 e. The van der Waals surface area contributed by atoms with Crippen LogP contribution >= 0.6 is 11.6 Å². The molecule has 0 atom stereocenters. The lowest BCUT2D eigenvalue weighted by Crippen LogP contribution is -2.15. The van der Waals surface area contributed by atoms with Crippen LogP contribution in [0.4, 0.5) is 0 Å². The number of fused-ring (bicyclic) bond motifs is 1. The third kappa shape index (κ3) is 3.07. The molecule has 0 aliphatic carbocycles. The van der Waals surface area contributed by atoms with E-state index in [9.17, 15) is 4.79 Å². The zero-order chi connectivity index (χ0) is 19.8. The van der Waals surface area contributed by atoms with Crippen molar-refractivity contribution in [3.8, 4) is 22.8 Å². The van der Waals surface area contributed by atoms with Crippen LogP contribution in [0, 0.1) is 0 Å². The van der Waals surface area contributed by atoms with Crippen molar-refractivity contribution < 1.29 is 0 Å². The molecule has 1 aromatic carbocycles. The van der Waals surface area contributed by atoms with Crippen molar-refractivity contribution in [2.45, 2.75) is 0 Å². The lowest BCUT2D eigenvalue weighted by molar-refractivity contribution is 0.823. The topological polar surface area (TPSA) is 78.5 Å². The molecule has 29 heavy (non-hydrogen) atoms. The second-order valence-corrected chi connectivity index (χ2v) is 6.67. The highest BCUT2D eigenvalue weighted by Crippen LogP contribution is 2.24. The van der Waals surface area contributed by atoms with Gasteiger partial charge in [0.05, 0.1) is 28.8 Å². The number of hydrogen-bond donors (Lipinski definition) is 0. The first-order chi connectivity index (χ1) is 14.2. The Morgan fingerprint density at radius 1 is 0.897 bits per heavy atom. The number of benzene rings is 1. The first-order valence-corrected chi connectivity index (χ1v) is 9.19. The number of pyridine rings is 2. The number of rotatable bonds is 3. The Labute approximate surface area is 169 Å². The van der Waals surface area contributed by atoms with E-state index in [4.69, 9.17) is 11.6 Å². The molecular weight excluding hydrogens is 388 g/mol. The quantitative estimate of drug-likeness (QED) is 0.432. The predicted molar refractivity (Wildman–Crippen MR) is 110 cm³/mol. The summed E-state index contributed by atoms with van der Waals surface area (Å²) in [4.78, 5) is 21.0. The van der Waals surface area contributed by atoms with Crippen molar-refractivity contribution in [1.82, 2.24) is 29.5 Å². The number of halogens is 1. The molecule has 0 amide bonds. The Bertz CT molecular complexity index is 1400.